The summed E-state index contributed by atoms with van der Waals surface area (Å²) in [4.78, 5) is 8.33. The van der Waals surface area contributed by atoms with Crippen LogP contribution in [0.4, 0.5) is 0 Å². The van der Waals surface area contributed by atoms with Crippen molar-refractivity contribution in [2.24, 2.45) is 0 Å². The summed E-state index contributed by atoms with van der Waals surface area (Å²) in [5, 5.41) is 0. The van der Waals surface area contributed by atoms with Crippen molar-refractivity contribution in [1.82, 2.24) is 9.97 Å². The highest BCUT2D eigenvalue weighted by Crippen LogP contribution is 2.23. The molecule has 1 aromatic heterocycles. The van der Waals surface area contributed by atoms with Crippen LogP contribution in [-0.4, -0.2) is 24.2 Å². The minimum atomic E-state index is 0.340. The molecule has 0 aromatic carbocycles. The molecule has 0 fully saturated rings. The highest BCUT2D eigenvalue weighted by Gasteiger charge is 2.09. The van der Waals surface area contributed by atoms with Crippen LogP contribution in [0.3, 0.4) is 0 Å². The zero-order valence-corrected chi connectivity index (χ0v) is 8.37. The topological polar surface area (TPSA) is 44.2 Å². The molecule has 0 radical (unpaired) electrons. The molecule has 0 aliphatic carbocycles. The maximum atomic E-state index is 5.03. The average Bonchev–Trinajstić information content (AvgIpc) is 2.16. The van der Waals surface area contributed by atoms with Crippen LogP contribution in [0.15, 0.2) is 6.20 Å². The third-order valence-electron chi connectivity index (χ3n) is 1.71. The third-order valence-corrected chi connectivity index (χ3v) is 1.71. The summed E-state index contributed by atoms with van der Waals surface area (Å²) in [6.07, 6.45) is 1.70. The fourth-order valence-corrected chi connectivity index (χ4v) is 0.925. The Hall–Kier alpha value is -1.32. The Morgan fingerprint density at radius 2 is 1.77 bits per heavy atom. The van der Waals surface area contributed by atoms with E-state index in [0.29, 0.717) is 17.7 Å². The van der Waals surface area contributed by atoms with Gasteiger partial charge in [0.2, 0.25) is 0 Å². The van der Waals surface area contributed by atoms with Crippen LogP contribution in [0, 0.1) is 0 Å². The van der Waals surface area contributed by atoms with Crippen molar-refractivity contribution >= 4 is 0 Å². The number of hydrogen-bond acceptors (Lipinski definition) is 4. The van der Waals surface area contributed by atoms with Crippen LogP contribution in [0.5, 0.6) is 11.8 Å². The lowest BCUT2D eigenvalue weighted by Gasteiger charge is -2.08. The monoisotopic (exact) mass is 182 g/mol. The first kappa shape index (κ1) is 9.77. The van der Waals surface area contributed by atoms with Crippen molar-refractivity contribution in [2.45, 2.75) is 19.8 Å². The number of hydrogen-bond donors (Lipinski definition) is 0. The lowest BCUT2D eigenvalue weighted by atomic mass is 10.1. The second-order valence-corrected chi connectivity index (χ2v) is 2.97. The van der Waals surface area contributed by atoms with Crippen molar-refractivity contribution < 1.29 is 9.47 Å². The molecule has 1 rings (SSSR count). The maximum Gasteiger partial charge on any atom is 0.278 e. The fraction of sp³-hybridized carbons (Fsp3) is 0.556. The van der Waals surface area contributed by atoms with Crippen LogP contribution >= 0.6 is 0 Å². The van der Waals surface area contributed by atoms with Crippen LogP contribution < -0.4 is 9.47 Å². The van der Waals surface area contributed by atoms with Gasteiger partial charge in [-0.3, -0.25) is 0 Å². The second kappa shape index (κ2) is 4.07. The van der Waals surface area contributed by atoms with Crippen molar-refractivity contribution in [2.75, 3.05) is 14.2 Å². The number of nitrogens with zero attached hydrogens (tertiary/aromatic N) is 2. The SMILES string of the molecule is COc1ncc(C(C)C)nc1OC. The summed E-state index contributed by atoms with van der Waals surface area (Å²) in [6, 6.07) is 0. The molecule has 1 heterocycles. The molecule has 72 valence electrons. The van der Waals surface area contributed by atoms with Gasteiger partial charge in [-0.05, 0) is 5.92 Å². The van der Waals surface area contributed by atoms with Crippen LogP contribution in [0.25, 0.3) is 0 Å². The lowest BCUT2D eigenvalue weighted by molar-refractivity contribution is 0.329. The molecule has 0 N–H and O–H groups in total. The van der Waals surface area contributed by atoms with Crippen molar-refractivity contribution in [3.05, 3.63) is 11.9 Å². The molecule has 4 heteroatoms. The fourth-order valence-electron chi connectivity index (χ4n) is 0.925. The smallest absolute Gasteiger partial charge is 0.278 e. The van der Waals surface area contributed by atoms with E-state index in [9.17, 15) is 0 Å². The van der Waals surface area contributed by atoms with Gasteiger partial charge in [-0.15, -0.1) is 0 Å². The third kappa shape index (κ3) is 2.08. The van der Waals surface area contributed by atoms with Gasteiger partial charge in [-0.25, -0.2) is 9.97 Å². The predicted molar refractivity (Wildman–Crippen MR) is 49.2 cm³/mol. The zero-order valence-electron chi connectivity index (χ0n) is 8.37. The Morgan fingerprint density at radius 1 is 1.15 bits per heavy atom. The maximum absolute atomic E-state index is 5.03. The van der Waals surface area contributed by atoms with Gasteiger partial charge in [0, 0.05) is 0 Å². The average molecular weight is 182 g/mol. The van der Waals surface area contributed by atoms with Crippen molar-refractivity contribution in [1.29, 1.82) is 0 Å². The second-order valence-electron chi connectivity index (χ2n) is 2.97. The minimum absolute atomic E-state index is 0.340. The molecule has 0 aliphatic heterocycles. The Kier molecular flexibility index (Phi) is 3.06. The first-order valence-electron chi connectivity index (χ1n) is 4.14. The van der Waals surface area contributed by atoms with E-state index >= 15 is 0 Å². The molecule has 0 spiro atoms. The molecular formula is C9H14N2O2. The Bertz CT molecular complexity index is 287. The number of ether oxygens (including phenoxy) is 2. The standard InChI is InChI=1S/C9H14N2O2/c1-6(2)7-5-10-8(12-3)9(11-7)13-4/h5-6H,1-4H3. The highest BCUT2D eigenvalue weighted by atomic mass is 16.5. The van der Waals surface area contributed by atoms with Gasteiger partial charge in [0.05, 0.1) is 26.1 Å². The van der Waals surface area contributed by atoms with Gasteiger partial charge in [0.1, 0.15) is 0 Å². The van der Waals surface area contributed by atoms with Crippen LogP contribution in [0.2, 0.25) is 0 Å². The van der Waals surface area contributed by atoms with E-state index in [2.05, 4.69) is 23.8 Å². The first-order chi connectivity index (χ1) is 6.19. The molecule has 1 aromatic rings. The zero-order chi connectivity index (χ0) is 9.84. The molecule has 4 nitrogen and oxygen atoms in total. The van der Waals surface area contributed by atoms with Gasteiger partial charge in [-0.1, -0.05) is 13.8 Å². The Labute approximate surface area is 77.9 Å². The summed E-state index contributed by atoms with van der Waals surface area (Å²) in [6.45, 7) is 4.10. The van der Waals surface area contributed by atoms with Crippen LogP contribution in [-0.2, 0) is 0 Å². The lowest BCUT2D eigenvalue weighted by Crippen LogP contribution is -2.00. The van der Waals surface area contributed by atoms with Gasteiger partial charge in [0.15, 0.2) is 0 Å². The molecule has 13 heavy (non-hydrogen) atoms. The number of aromatic nitrogens is 2. The highest BCUT2D eigenvalue weighted by molar-refractivity contribution is 5.26. The van der Waals surface area contributed by atoms with Gasteiger partial charge >= 0.3 is 0 Å². The van der Waals surface area contributed by atoms with Crippen LogP contribution in [0.1, 0.15) is 25.5 Å². The summed E-state index contributed by atoms with van der Waals surface area (Å²) < 4.78 is 10.0. The van der Waals surface area contributed by atoms with Crippen molar-refractivity contribution in [3.8, 4) is 11.8 Å². The first-order valence-corrected chi connectivity index (χ1v) is 4.14. The van der Waals surface area contributed by atoms with Crippen molar-refractivity contribution in [3.63, 3.8) is 0 Å². The van der Waals surface area contributed by atoms with E-state index in [1.165, 1.54) is 0 Å². The Morgan fingerprint density at radius 3 is 2.23 bits per heavy atom. The largest absolute Gasteiger partial charge is 0.477 e. The quantitative estimate of drug-likeness (QED) is 0.712. The minimum Gasteiger partial charge on any atom is -0.477 e. The Balaban J connectivity index is 3.05. The van der Waals surface area contributed by atoms with E-state index in [1.54, 1.807) is 20.4 Å². The van der Waals surface area contributed by atoms with Gasteiger partial charge < -0.3 is 9.47 Å². The van der Waals surface area contributed by atoms with E-state index in [4.69, 9.17) is 9.47 Å². The summed E-state index contributed by atoms with van der Waals surface area (Å²) >= 11 is 0. The summed E-state index contributed by atoms with van der Waals surface area (Å²) in [5.74, 6) is 1.20. The molecule has 0 aliphatic rings. The molecular weight excluding hydrogens is 168 g/mol. The molecule has 0 bridgehead atoms. The van der Waals surface area contributed by atoms with Gasteiger partial charge in [0.25, 0.3) is 11.8 Å². The normalized spacial score (nSPS) is 10.2. The number of rotatable bonds is 3. The molecule has 0 unspecified atom stereocenters. The predicted octanol–water partition coefficient (Wildman–Crippen LogP) is 1.62. The van der Waals surface area contributed by atoms with Gasteiger partial charge in [-0.2, -0.15) is 0 Å². The number of methoxy groups -OCH3 is 2. The molecule has 0 saturated heterocycles. The summed E-state index contributed by atoms with van der Waals surface area (Å²) in [7, 11) is 3.10. The van der Waals surface area contributed by atoms with E-state index in [1.807, 2.05) is 0 Å². The van der Waals surface area contributed by atoms with E-state index in [0.717, 1.165) is 5.69 Å². The summed E-state index contributed by atoms with van der Waals surface area (Å²) in [5.41, 5.74) is 0.901. The van der Waals surface area contributed by atoms with E-state index in [-0.39, 0.29) is 0 Å². The molecule has 0 saturated carbocycles. The van der Waals surface area contributed by atoms with E-state index < -0.39 is 0 Å². The molecule has 0 amide bonds. The molecule has 0 atom stereocenters.